The first-order valence-corrected chi connectivity index (χ1v) is 5.66. The molecule has 0 saturated heterocycles. The van der Waals surface area contributed by atoms with Gasteiger partial charge in [-0.3, -0.25) is 0 Å². The minimum Gasteiger partial charge on any atom is -0.339 e. The Morgan fingerprint density at radius 1 is 1.00 bits per heavy atom. The van der Waals surface area contributed by atoms with E-state index in [0.717, 1.165) is 17.8 Å². The molecule has 0 aliphatic carbocycles. The largest absolute Gasteiger partial charge is 0.417 e. The molecule has 0 atom stereocenters. The Balaban J connectivity index is 2.22. The minimum atomic E-state index is -4.38. The molecule has 1 aromatic carbocycles. The number of hydrogen-bond donors (Lipinski definition) is 1. The van der Waals surface area contributed by atoms with Gasteiger partial charge in [0.1, 0.15) is 5.65 Å². The van der Waals surface area contributed by atoms with Crippen molar-refractivity contribution in [3.05, 3.63) is 54.2 Å². The molecule has 0 amide bonds. The lowest BCUT2D eigenvalue weighted by Crippen LogP contribution is -2.05. The van der Waals surface area contributed by atoms with Crippen molar-refractivity contribution in [3.63, 3.8) is 0 Å². The Hall–Kier alpha value is -2.30. The smallest absolute Gasteiger partial charge is 0.339 e. The topological polar surface area (TPSA) is 28.7 Å². The number of halogens is 3. The number of alkyl halides is 3. The van der Waals surface area contributed by atoms with E-state index < -0.39 is 11.7 Å². The van der Waals surface area contributed by atoms with E-state index in [9.17, 15) is 13.2 Å². The van der Waals surface area contributed by atoms with Gasteiger partial charge < -0.3 is 4.98 Å². The summed E-state index contributed by atoms with van der Waals surface area (Å²) in [6.07, 6.45) is -3.21. The van der Waals surface area contributed by atoms with Crippen molar-refractivity contribution in [2.45, 2.75) is 6.18 Å². The number of fused-ring (bicyclic) bond motifs is 1. The molecule has 0 radical (unpaired) electrons. The van der Waals surface area contributed by atoms with Gasteiger partial charge in [0.15, 0.2) is 0 Å². The monoisotopic (exact) mass is 262 g/mol. The van der Waals surface area contributed by atoms with Gasteiger partial charge in [0.2, 0.25) is 0 Å². The maximum Gasteiger partial charge on any atom is 0.417 e. The van der Waals surface area contributed by atoms with Crippen molar-refractivity contribution in [1.29, 1.82) is 0 Å². The third kappa shape index (κ3) is 2.07. The highest BCUT2D eigenvalue weighted by Crippen LogP contribution is 2.35. The van der Waals surface area contributed by atoms with Gasteiger partial charge in [-0.05, 0) is 17.7 Å². The van der Waals surface area contributed by atoms with Gasteiger partial charge in [-0.1, -0.05) is 30.3 Å². The van der Waals surface area contributed by atoms with E-state index in [-0.39, 0.29) is 11.0 Å². The van der Waals surface area contributed by atoms with E-state index in [2.05, 4.69) is 9.97 Å². The second-order valence-electron chi connectivity index (χ2n) is 4.17. The summed E-state index contributed by atoms with van der Waals surface area (Å²) >= 11 is 0. The molecule has 0 fully saturated rings. The van der Waals surface area contributed by atoms with E-state index in [1.807, 2.05) is 30.3 Å². The third-order valence-corrected chi connectivity index (χ3v) is 2.92. The second kappa shape index (κ2) is 4.12. The number of nitrogens with zero attached hydrogens (tertiary/aromatic N) is 1. The molecule has 1 N–H and O–H groups in total. The van der Waals surface area contributed by atoms with Gasteiger partial charge in [0.25, 0.3) is 0 Å². The van der Waals surface area contributed by atoms with Gasteiger partial charge in [-0.2, -0.15) is 13.2 Å². The number of H-pyrrole nitrogens is 1. The summed E-state index contributed by atoms with van der Waals surface area (Å²) in [5.74, 6) is 0. The number of aromatic amines is 1. The predicted molar refractivity (Wildman–Crippen MR) is 66.5 cm³/mol. The SMILES string of the molecule is FC(F)(F)c1ccnc2[nH]c(-c3ccccc3)cc12. The zero-order valence-electron chi connectivity index (χ0n) is 9.70. The summed E-state index contributed by atoms with van der Waals surface area (Å²) in [4.78, 5) is 6.86. The normalized spacial score (nSPS) is 11.9. The molecule has 0 aliphatic rings. The van der Waals surface area contributed by atoms with E-state index in [4.69, 9.17) is 0 Å². The Morgan fingerprint density at radius 2 is 1.74 bits per heavy atom. The van der Waals surface area contributed by atoms with Crippen molar-refractivity contribution < 1.29 is 13.2 Å². The first-order valence-electron chi connectivity index (χ1n) is 5.66. The van der Waals surface area contributed by atoms with Crippen LogP contribution in [0.2, 0.25) is 0 Å². The quantitative estimate of drug-likeness (QED) is 0.697. The standard InChI is InChI=1S/C14H9F3N2/c15-14(16,17)11-6-7-18-13-10(11)8-12(19-13)9-4-2-1-3-5-9/h1-8H,(H,18,19). The van der Waals surface area contributed by atoms with E-state index in [1.54, 1.807) is 0 Å². The number of nitrogens with one attached hydrogen (secondary N) is 1. The Morgan fingerprint density at radius 3 is 2.42 bits per heavy atom. The summed E-state index contributed by atoms with van der Waals surface area (Å²) < 4.78 is 38.7. The predicted octanol–water partition coefficient (Wildman–Crippen LogP) is 4.25. The molecule has 0 saturated carbocycles. The van der Waals surface area contributed by atoms with Gasteiger partial charge in [-0.15, -0.1) is 0 Å². The zero-order valence-corrected chi connectivity index (χ0v) is 9.70. The molecule has 2 aromatic heterocycles. The van der Waals surface area contributed by atoms with Crippen molar-refractivity contribution >= 4 is 11.0 Å². The van der Waals surface area contributed by atoms with E-state index in [1.165, 1.54) is 6.07 Å². The summed E-state index contributed by atoms with van der Waals surface area (Å²) in [7, 11) is 0. The summed E-state index contributed by atoms with van der Waals surface area (Å²) in [6, 6.07) is 11.7. The fourth-order valence-corrected chi connectivity index (χ4v) is 2.05. The maximum absolute atomic E-state index is 12.9. The molecular formula is C14H9F3N2. The Bertz CT molecular complexity index is 714. The summed E-state index contributed by atoms with van der Waals surface area (Å²) in [5.41, 5.74) is 1.03. The summed E-state index contributed by atoms with van der Waals surface area (Å²) in [6.45, 7) is 0. The van der Waals surface area contributed by atoms with Crippen LogP contribution in [0.1, 0.15) is 5.56 Å². The molecule has 96 valence electrons. The van der Waals surface area contributed by atoms with Crippen molar-refractivity contribution in [2.24, 2.45) is 0 Å². The number of hydrogen-bond acceptors (Lipinski definition) is 1. The molecule has 0 bridgehead atoms. The molecule has 2 nitrogen and oxygen atoms in total. The number of benzene rings is 1. The van der Waals surface area contributed by atoms with Gasteiger partial charge in [0.05, 0.1) is 5.56 Å². The van der Waals surface area contributed by atoms with Gasteiger partial charge in [-0.25, -0.2) is 4.98 Å². The van der Waals surface area contributed by atoms with Crippen LogP contribution in [0.25, 0.3) is 22.3 Å². The first kappa shape index (κ1) is 11.8. The number of rotatable bonds is 1. The zero-order chi connectivity index (χ0) is 13.5. The highest BCUT2D eigenvalue weighted by molar-refractivity contribution is 5.86. The highest BCUT2D eigenvalue weighted by Gasteiger charge is 2.33. The minimum absolute atomic E-state index is 0.0915. The van der Waals surface area contributed by atoms with Crippen LogP contribution < -0.4 is 0 Å². The lowest BCUT2D eigenvalue weighted by Gasteiger charge is -2.06. The average molecular weight is 262 g/mol. The van der Waals surface area contributed by atoms with Crippen molar-refractivity contribution in [3.8, 4) is 11.3 Å². The number of pyridine rings is 1. The molecule has 0 unspecified atom stereocenters. The number of aromatic nitrogens is 2. The van der Waals surface area contributed by atoms with Crippen LogP contribution in [0.3, 0.4) is 0 Å². The van der Waals surface area contributed by atoms with E-state index >= 15 is 0 Å². The van der Waals surface area contributed by atoms with Crippen LogP contribution >= 0.6 is 0 Å². The fraction of sp³-hybridized carbons (Fsp3) is 0.0714. The molecule has 3 rings (SSSR count). The van der Waals surface area contributed by atoms with Gasteiger partial charge >= 0.3 is 6.18 Å². The fourth-order valence-electron chi connectivity index (χ4n) is 2.05. The molecular weight excluding hydrogens is 253 g/mol. The van der Waals surface area contributed by atoms with E-state index in [0.29, 0.717) is 5.69 Å². The molecule has 0 spiro atoms. The molecule has 3 aromatic rings. The molecule has 5 heteroatoms. The van der Waals surface area contributed by atoms with Crippen LogP contribution in [0.4, 0.5) is 13.2 Å². The molecule has 19 heavy (non-hydrogen) atoms. The first-order chi connectivity index (χ1) is 9.05. The Kier molecular flexibility index (Phi) is 2.55. The van der Waals surface area contributed by atoms with Crippen molar-refractivity contribution in [2.75, 3.05) is 0 Å². The maximum atomic E-state index is 12.9. The second-order valence-corrected chi connectivity index (χ2v) is 4.17. The van der Waals surface area contributed by atoms with Crippen molar-refractivity contribution in [1.82, 2.24) is 9.97 Å². The Labute approximate surface area is 106 Å². The highest BCUT2D eigenvalue weighted by atomic mass is 19.4. The molecule has 0 aliphatic heterocycles. The van der Waals surface area contributed by atoms with Crippen LogP contribution in [-0.2, 0) is 6.18 Å². The average Bonchev–Trinajstić information content (AvgIpc) is 2.82. The summed E-state index contributed by atoms with van der Waals surface area (Å²) in [5, 5.41) is 0.0915. The lowest BCUT2D eigenvalue weighted by atomic mass is 10.1. The molecule has 2 heterocycles. The third-order valence-electron chi connectivity index (χ3n) is 2.92. The van der Waals surface area contributed by atoms with Crippen LogP contribution in [0.5, 0.6) is 0 Å². The van der Waals surface area contributed by atoms with Crippen LogP contribution in [-0.4, -0.2) is 9.97 Å². The van der Waals surface area contributed by atoms with Crippen LogP contribution in [0, 0.1) is 0 Å². The van der Waals surface area contributed by atoms with Crippen LogP contribution in [0.15, 0.2) is 48.7 Å². The lowest BCUT2D eigenvalue weighted by molar-refractivity contribution is -0.136. The van der Waals surface area contributed by atoms with Gasteiger partial charge in [0, 0.05) is 17.3 Å².